The summed E-state index contributed by atoms with van der Waals surface area (Å²) in [6, 6.07) is 0. The zero-order valence-electron chi connectivity index (χ0n) is 16.0. The van der Waals surface area contributed by atoms with Crippen molar-refractivity contribution in [2.45, 2.75) is 79.3 Å². The predicted octanol–water partition coefficient (Wildman–Crippen LogP) is 6.97. The van der Waals surface area contributed by atoms with Crippen molar-refractivity contribution in [1.29, 1.82) is 0 Å². The molecular weight excluding hydrogens is 283 g/mol. The molecule has 0 saturated heterocycles. The van der Waals surface area contributed by atoms with E-state index in [2.05, 4.69) is 59.8 Å². The van der Waals surface area contributed by atoms with Gasteiger partial charge in [-0.25, -0.2) is 0 Å². The summed E-state index contributed by atoms with van der Waals surface area (Å²) in [5, 5.41) is 0. The molecule has 0 aromatic rings. The quantitative estimate of drug-likeness (QED) is 0.351. The van der Waals surface area contributed by atoms with Gasteiger partial charge in [-0.15, -0.1) is 0 Å². The second kappa shape index (κ2) is 9.71. The van der Waals surface area contributed by atoms with Crippen LogP contribution in [0.25, 0.3) is 0 Å². The van der Waals surface area contributed by atoms with Gasteiger partial charge in [0.15, 0.2) is 0 Å². The zero-order valence-corrected chi connectivity index (χ0v) is 17.0. The van der Waals surface area contributed by atoms with Gasteiger partial charge in [0, 0.05) is 0 Å². The maximum atomic E-state index is 2.36. The normalized spacial score (nSPS) is 20.4. The Morgan fingerprint density at radius 3 is 1.41 bits per heavy atom. The van der Waals surface area contributed by atoms with E-state index in [1.54, 1.807) is 16.7 Å². The summed E-state index contributed by atoms with van der Waals surface area (Å²) in [6.07, 6.45) is 18.7. The van der Waals surface area contributed by atoms with Gasteiger partial charge in [0.1, 0.15) is 0 Å². The van der Waals surface area contributed by atoms with Crippen LogP contribution in [-0.2, 0) is 0 Å². The van der Waals surface area contributed by atoms with Crippen LogP contribution in [0.1, 0.15) is 73.6 Å². The van der Waals surface area contributed by atoms with Crippen LogP contribution in [0.3, 0.4) is 0 Å². The third-order valence-corrected chi connectivity index (χ3v) is 11.9. The maximum absolute atomic E-state index is 2.36. The van der Waals surface area contributed by atoms with Crippen molar-refractivity contribution in [2.24, 2.45) is 0 Å². The van der Waals surface area contributed by atoms with Gasteiger partial charge in [-0.3, -0.25) is 0 Å². The first kappa shape index (κ1) is 19.7. The Balaban J connectivity index is 3.19. The molecule has 0 nitrogen and oxygen atoms in total. The molecule has 0 bridgehead atoms. The Labute approximate surface area is 140 Å². The van der Waals surface area contributed by atoms with E-state index < -0.39 is 7.26 Å². The summed E-state index contributed by atoms with van der Waals surface area (Å²) in [4.78, 5) is 0. The second-order valence-corrected chi connectivity index (χ2v) is 12.2. The first-order chi connectivity index (χ1) is 10.5. The number of hydrogen-bond acceptors (Lipinski definition) is 0. The van der Waals surface area contributed by atoms with Crippen molar-refractivity contribution >= 4 is 7.26 Å². The van der Waals surface area contributed by atoms with E-state index in [4.69, 9.17) is 0 Å². The molecule has 0 atom stereocenters. The second-order valence-electron chi connectivity index (χ2n) is 7.63. The van der Waals surface area contributed by atoms with Gasteiger partial charge in [-0.1, -0.05) is 0 Å². The van der Waals surface area contributed by atoms with E-state index in [1.165, 1.54) is 50.6 Å². The van der Waals surface area contributed by atoms with Crippen molar-refractivity contribution in [3.05, 3.63) is 34.9 Å². The van der Waals surface area contributed by atoms with Crippen LogP contribution < -0.4 is 0 Å². The molecule has 0 aromatic heterocycles. The van der Waals surface area contributed by atoms with Crippen molar-refractivity contribution in [3.63, 3.8) is 0 Å². The summed E-state index contributed by atoms with van der Waals surface area (Å²) in [5.74, 6) is 0. The van der Waals surface area contributed by atoms with Crippen LogP contribution in [-0.4, -0.2) is 24.1 Å². The number of allylic oxidation sites excluding steroid dienone is 6. The molecule has 0 radical (unpaired) electrons. The average Bonchev–Trinajstić information content (AvgIpc) is 2.54. The van der Waals surface area contributed by atoms with Crippen molar-refractivity contribution in [1.82, 2.24) is 0 Å². The molecule has 1 aliphatic rings. The molecule has 0 N–H and O–H groups in total. The molecule has 0 unspecified atom stereocenters. The topological polar surface area (TPSA) is 0 Å². The Morgan fingerprint density at radius 1 is 0.727 bits per heavy atom. The minimum atomic E-state index is -1.35. The van der Waals surface area contributed by atoms with E-state index in [-0.39, 0.29) is 0 Å². The molecular formula is C21H39P. The summed E-state index contributed by atoms with van der Waals surface area (Å²) in [5.41, 5.74) is 5.92. The van der Waals surface area contributed by atoms with Gasteiger partial charge in [0.25, 0.3) is 0 Å². The van der Waals surface area contributed by atoms with E-state index >= 15 is 0 Å². The molecule has 1 aliphatic carbocycles. The fourth-order valence-electron chi connectivity index (χ4n) is 4.31. The van der Waals surface area contributed by atoms with E-state index in [0.717, 1.165) is 5.66 Å². The fourth-order valence-corrected chi connectivity index (χ4v) is 11.1. The fraction of sp³-hybridized carbons (Fsp3) is 0.714. The summed E-state index contributed by atoms with van der Waals surface area (Å²) >= 11 is 0. The molecule has 1 heteroatoms. The van der Waals surface area contributed by atoms with Crippen molar-refractivity contribution < 1.29 is 0 Å². The Hall–Kier alpha value is -0.350. The van der Waals surface area contributed by atoms with Gasteiger partial charge in [-0.05, 0) is 0 Å². The number of hydrogen-bond donors (Lipinski definition) is 0. The summed E-state index contributed by atoms with van der Waals surface area (Å²) in [7, 11) is -1.35. The first-order valence-corrected chi connectivity index (χ1v) is 12.0. The van der Waals surface area contributed by atoms with Crippen LogP contribution >= 0.6 is 7.26 Å². The van der Waals surface area contributed by atoms with Gasteiger partial charge >= 0.3 is 140 Å². The van der Waals surface area contributed by atoms with Gasteiger partial charge in [0.05, 0.1) is 0 Å². The van der Waals surface area contributed by atoms with Crippen LogP contribution in [0.4, 0.5) is 0 Å². The molecule has 0 aliphatic heterocycles. The molecule has 22 heavy (non-hydrogen) atoms. The standard InChI is InChI=1S/C21H39P/c1-7-18(4)15-22(16-19(5)8-2,17-20(6)9-3)21-13-11-10-12-14-21/h7-9,21-22H,10-17H2,1-6H3. The Bertz CT molecular complexity index is 369. The van der Waals surface area contributed by atoms with Gasteiger partial charge < -0.3 is 0 Å². The molecule has 1 rings (SSSR count). The summed E-state index contributed by atoms with van der Waals surface area (Å²) in [6.45, 7) is 13.8. The third kappa shape index (κ3) is 5.69. The summed E-state index contributed by atoms with van der Waals surface area (Å²) < 4.78 is 0. The Kier molecular flexibility index (Phi) is 8.70. The molecule has 0 heterocycles. The van der Waals surface area contributed by atoms with E-state index in [9.17, 15) is 0 Å². The molecule has 0 spiro atoms. The Morgan fingerprint density at radius 2 is 1.09 bits per heavy atom. The zero-order chi connectivity index (χ0) is 16.6. The van der Waals surface area contributed by atoms with Crippen LogP contribution in [0.2, 0.25) is 0 Å². The molecule has 1 saturated carbocycles. The average molecular weight is 323 g/mol. The monoisotopic (exact) mass is 322 g/mol. The van der Waals surface area contributed by atoms with E-state index in [1.807, 2.05) is 0 Å². The van der Waals surface area contributed by atoms with Crippen LogP contribution in [0.5, 0.6) is 0 Å². The molecule has 128 valence electrons. The van der Waals surface area contributed by atoms with Gasteiger partial charge in [-0.2, -0.15) is 0 Å². The van der Waals surface area contributed by atoms with Crippen molar-refractivity contribution in [2.75, 3.05) is 18.5 Å². The molecule has 0 amide bonds. The van der Waals surface area contributed by atoms with Crippen LogP contribution in [0, 0.1) is 0 Å². The molecule has 0 aromatic carbocycles. The van der Waals surface area contributed by atoms with Crippen molar-refractivity contribution in [3.8, 4) is 0 Å². The first-order valence-electron chi connectivity index (χ1n) is 9.32. The van der Waals surface area contributed by atoms with E-state index in [0.29, 0.717) is 0 Å². The van der Waals surface area contributed by atoms with Gasteiger partial charge in [0.2, 0.25) is 0 Å². The minimum absolute atomic E-state index is 1.03. The van der Waals surface area contributed by atoms with Crippen LogP contribution in [0.15, 0.2) is 34.9 Å². The predicted molar refractivity (Wildman–Crippen MR) is 108 cm³/mol. The number of rotatable bonds is 7. The third-order valence-electron chi connectivity index (χ3n) is 5.84. The SMILES string of the molecule is CC=C(C)C[PH](CC(C)=CC)(CC(C)=CC)C1CCCCC1. The molecule has 1 fully saturated rings.